The van der Waals surface area contributed by atoms with E-state index in [0.29, 0.717) is 5.92 Å². The largest absolute Gasteiger partial charge is 0.330 e. The number of hydrogen-bond donors (Lipinski definition) is 2. The molecule has 0 fully saturated rings. The second kappa shape index (κ2) is 6.72. The third-order valence-corrected chi connectivity index (χ3v) is 3.35. The molecule has 1 atom stereocenters. The van der Waals surface area contributed by atoms with Gasteiger partial charge in [-0.25, -0.2) is 0 Å². The van der Waals surface area contributed by atoms with Gasteiger partial charge in [-0.2, -0.15) is 0 Å². The molecule has 17 heavy (non-hydrogen) atoms. The van der Waals surface area contributed by atoms with Gasteiger partial charge in [-0.1, -0.05) is 33.3 Å². The molecular formula is C14H25N3. The second-order valence-corrected chi connectivity index (χ2v) is 5.27. The number of aromatic nitrogens is 1. The molecule has 0 aliphatic heterocycles. The van der Waals surface area contributed by atoms with Crippen LogP contribution in [-0.4, -0.2) is 24.6 Å². The van der Waals surface area contributed by atoms with Gasteiger partial charge in [-0.15, -0.1) is 0 Å². The van der Waals surface area contributed by atoms with E-state index in [1.807, 2.05) is 18.5 Å². The molecule has 3 nitrogen and oxygen atoms in total. The molecule has 0 spiro atoms. The lowest BCUT2D eigenvalue weighted by atomic mass is 9.85. The highest BCUT2D eigenvalue weighted by molar-refractivity contribution is 5.19. The number of nitrogens with one attached hydrogen (secondary N) is 1. The van der Waals surface area contributed by atoms with Crippen molar-refractivity contribution in [1.82, 2.24) is 10.3 Å². The minimum atomic E-state index is 0.112. The molecule has 0 amide bonds. The lowest BCUT2D eigenvalue weighted by Crippen LogP contribution is -2.37. The highest BCUT2D eigenvalue weighted by Crippen LogP contribution is 2.20. The summed E-state index contributed by atoms with van der Waals surface area (Å²) >= 11 is 0. The van der Waals surface area contributed by atoms with Crippen LogP contribution in [0.5, 0.6) is 0 Å². The Morgan fingerprint density at radius 3 is 2.76 bits per heavy atom. The molecule has 3 heteroatoms. The Morgan fingerprint density at radius 2 is 2.24 bits per heavy atom. The molecule has 96 valence electrons. The molecule has 1 heterocycles. The zero-order chi connectivity index (χ0) is 12.7. The van der Waals surface area contributed by atoms with Crippen molar-refractivity contribution in [2.75, 3.05) is 19.6 Å². The van der Waals surface area contributed by atoms with E-state index in [4.69, 9.17) is 5.73 Å². The summed E-state index contributed by atoms with van der Waals surface area (Å²) in [5.74, 6) is 0.583. The van der Waals surface area contributed by atoms with Gasteiger partial charge < -0.3 is 11.1 Å². The monoisotopic (exact) mass is 235 g/mol. The van der Waals surface area contributed by atoms with E-state index >= 15 is 0 Å². The maximum Gasteiger partial charge on any atom is 0.0305 e. The topological polar surface area (TPSA) is 50.9 Å². The van der Waals surface area contributed by atoms with Crippen molar-refractivity contribution in [3.63, 3.8) is 0 Å². The maximum atomic E-state index is 5.69. The van der Waals surface area contributed by atoms with Gasteiger partial charge in [0.1, 0.15) is 0 Å². The zero-order valence-corrected chi connectivity index (χ0v) is 11.2. The van der Waals surface area contributed by atoms with Crippen molar-refractivity contribution in [1.29, 1.82) is 0 Å². The molecule has 1 aromatic heterocycles. The van der Waals surface area contributed by atoms with Crippen molar-refractivity contribution in [2.45, 2.75) is 32.6 Å². The first-order valence-electron chi connectivity index (χ1n) is 6.41. The summed E-state index contributed by atoms with van der Waals surface area (Å²) in [7, 11) is 0. The van der Waals surface area contributed by atoms with Gasteiger partial charge in [0, 0.05) is 24.4 Å². The van der Waals surface area contributed by atoms with E-state index in [1.54, 1.807) is 0 Å². The van der Waals surface area contributed by atoms with E-state index < -0.39 is 0 Å². The summed E-state index contributed by atoms with van der Waals surface area (Å²) in [4.78, 5) is 4.18. The third kappa shape index (κ3) is 4.44. The lowest BCUT2D eigenvalue weighted by molar-refractivity contribution is 0.414. The zero-order valence-electron chi connectivity index (χ0n) is 11.2. The molecule has 0 saturated carbocycles. The molecule has 0 radical (unpaired) electrons. The molecule has 1 aromatic rings. The van der Waals surface area contributed by atoms with Gasteiger partial charge in [0.25, 0.3) is 0 Å². The number of nitrogens with two attached hydrogens (primary N) is 1. The summed E-state index contributed by atoms with van der Waals surface area (Å²) in [5, 5.41) is 3.52. The normalized spacial score (nSPS) is 13.6. The Morgan fingerprint density at radius 1 is 1.47 bits per heavy atom. The first kappa shape index (κ1) is 14.1. The number of hydrogen-bond acceptors (Lipinski definition) is 3. The molecule has 1 unspecified atom stereocenters. The van der Waals surface area contributed by atoms with Gasteiger partial charge in [-0.3, -0.25) is 4.98 Å². The average molecular weight is 235 g/mol. The smallest absolute Gasteiger partial charge is 0.0305 e. The van der Waals surface area contributed by atoms with Crippen LogP contribution < -0.4 is 11.1 Å². The highest BCUT2D eigenvalue weighted by Gasteiger charge is 2.20. The standard InChI is InChI=1S/C14H25N3/c1-4-12(8-15)9-17-11-14(2,3)13-6-5-7-16-10-13/h5-7,10,12,17H,4,8-9,11,15H2,1-3H3. The van der Waals surface area contributed by atoms with Gasteiger partial charge in [-0.05, 0) is 30.6 Å². The minimum Gasteiger partial charge on any atom is -0.330 e. The quantitative estimate of drug-likeness (QED) is 0.759. The van der Waals surface area contributed by atoms with Crippen molar-refractivity contribution in [3.05, 3.63) is 30.1 Å². The van der Waals surface area contributed by atoms with Gasteiger partial charge in [0.2, 0.25) is 0 Å². The Hall–Kier alpha value is -0.930. The summed E-state index contributed by atoms with van der Waals surface area (Å²) < 4.78 is 0. The van der Waals surface area contributed by atoms with Crippen LogP contribution in [0.3, 0.4) is 0 Å². The van der Waals surface area contributed by atoms with E-state index in [2.05, 4.69) is 37.1 Å². The van der Waals surface area contributed by atoms with E-state index in [1.165, 1.54) is 5.56 Å². The SMILES string of the molecule is CCC(CN)CNCC(C)(C)c1cccnc1. The van der Waals surface area contributed by atoms with Crippen molar-refractivity contribution in [3.8, 4) is 0 Å². The van der Waals surface area contributed by atoms with E-state index in [9.17, 15) is 0 Å². The summed E-state index contributed by atoms with van der Waals surface area (Å²) in [5.41, 5.74) is 7.08. The molecule has 0 saturated heterocycles. The first-order chi connectivity index (χ1) is 8.10. The Labute approximate surface area is 105 Å². The second-order valence-electron chi connectivity index (χ2n) is 5.27. The minimum absolute atomic E-state index is 0.112. The van der Waals surface area contributed by atoms with Gasteiger partial charge >= 0.3 is 0 Å². The predicted molar refractivity (Wildman–Crippen MR) is 73.0 cm³/mol. The fraction of sp³-hybridized carbons (Fsp3) is 0.643. The van der Waals surface area contributed by atoms with Crippen LogP contribution in [0.25, 0.3) is 0 Å². The van der Waals surface area contributed by atoms with Crippen LogP contribution in [0.1, 0.15) is 32.8 Å². The van der Waals surface area contributed by atoms with Crippen LogP contribution in [0.2, 0.25) is 0 Å². The predicted octanol–water partition coefficient (Wildman–Crippen LogP) is 1.93. The molecule has 0 aromatic carbocycles. The number of pyridine rings is 1. The van der Waals surface area contributed by atoms with Crippen LogP contribution >= 0.6 is 0 Å². The van der Waals surface area contributed by atoms with Crippen molar-refractivity contribution < 1.29 is 0 Å². The fourth-order valence-corrected chi connectivity index (χ4v) is 1.85. The van der Waals surface area contributed by atoms with Crippen molar-refractivity contribution in [2.24, 2.45) is 11.7 Å². The van der Waals surface area contributed by atoms with Crippen LogP contribution in [0.15, 0.2) is 24.5 Å². The van der Waals surface area contributed by atoms with Gasteiger partial charge in [0.15, 0.2) is 0 Å². The Balaban J connectivity index is 2.45. The average Bonchev–Trinajstić information content (AvgIpc) is 2.36. The van der Waals surface area contributed by atoms with E-state index in [-0.39, 0.29) is 5.41 Å². The van der Waals surface area contributed by atoms with Crippen LogP contribution in [-0.2, 0) is 5.41 Å². The molecule has 0 bridgehead atoms. The Bertz CT molecular complexity index is 305. The summed E-state index contributed by atoms with van der Waals surface area (Å²) in [6.07, 6.45) is 4.90. The molecule has 0 aliphatic rings. The maximum absolute atomic E-state index is 5.69. The fourth-order valence-electron chi connectivity index (χ4n) is 1.85. The van der Waals surface area contributed by atoms with E-state index in [0.717, 1.165) is 26.1 Å². The molecule has 3 N–H and O–H groups in total. The number of rotatable bonds is 7. The van der Waals surface area contributed by atoms with Gasteiger partial charge in [0.05, 0.1) is 0 Å². The highest BCUT2D eigenvalue weighted by atomic mass is 14.9. The summed E-state index contributed by atoms with van der Waals surface area (Å²) in [6, 6.07) is 4.13. The summed E-state index contributed by atoms with van der Waals surface area (Å²) in [6.45, 7) is 9.37. The number of nitrogens with zero attached hydrogens (tertiary/aromatic N) is 1. The van der Waals surface area contributed by atoms with Crippen LogP contribution in [0, 0.1) is 5.92 Å². The third-order valence-electron chi connectivity index (χ3n) is 3.35. The lowest BCUT2D eigenvalue weighted by Gasteiger charge is -2.26. The molecule has 1 rings (SSSR count). The molecule has 0 aliphatic carbocycles. The van der Waals surface area contributed by atoms with Crippen molar-refractivity contribution >= 4 is 0 Å². The van der Waals surface area contributed by atoms with Crippen LogP contribution in [0.4, 0.5) is 0 Å². The first-order valence-corrected chi connectivity index (χ1v) is 6.41. The molecular weight excluding hydrogens is 210 g/mol. The Kier molecular flexibility index (Phi) is 5.59.